The largest absolute Gasteiger partial charge is 2.00 e. The number of rotatable bonds is 10. The van der Waals surface area contributed by atoms with Crippen molar-refractivity contribution in [2.45, 2.75) is 39.5 Å². The maximum atomic E-state index is 6.24. The van der Waals surface area contributed by atoms with Crippen LogP contribution in [-0.4, -0.2) is 22.6 Å². The van der Waals surface area contributed by atoms with Gasteiger partial charge in [-0.3, -0.25) is 4.98 Å². The molecule has 2 heterocycles. The number of hydrogen-bond acceptors (Lipinski definition) is 3. The second kappa shape index (κ2) is 15.4. The summed E-state index contributed by atoms with van der Waals surface area (Å²) in [6.45, 7) is 9.01. The van der Waals surface area contributed by atoms with Gasteiger partial charge in [-0.1, -0.05) is 113 Å². The van der Waals surface area contributed by atoms with Gasteiger partial charge in [0.15, 0.2) is 0 Å². The predicted octanol–water partition coefficient (Wildman–Crippen LogP) is 7.95. The Balaban J connectivity index is 0.00000432. The molecule has 0 aliphatic carbocycles. The van der Waals surface area contributed by atoms with Crippen LogP contribution in [0.3, 0.4) is 0 Å². The van der Waals surface area contributed by atoms with Gasteiger partial charge < -0.3 is 9.30 Å². The summed E-state index contributed by atoms with van der Waals surface area (Å²) in [5, 5.41) is 4.66. The number of nitrogens with zero attached hydrogens (tertiary/aromatic N) is 3. The first-order chi connectivity index (χ1) is 23.9. The van der Waals surface area contributed by atoms with Gasteiger partial charge in [0.1, 0.15) is 8.07 Å². The summed E-state index contributed by atoms with van der Waals surface area (Å²) in [5.74, 6) is 1.92. The van der Waals surface area contributed by atoms with Crippen molar-refractivity contribution < 1.29 is 25.8 Å². The molecular weight excluding hydrogens is 810 g/mol. The number of para-hydroxylation sites is 1. The minimum absolute atomic E-state index is 0. The van der Waals surface area contributed by atoms with Crippen LogP contribution in [0.4, 0.5) is 0 Å². The molecule has 0 fully saturated rings. The van der Waals surface area contributed by atoms with Crippen LogP contribution in [0.1, 0.15) is 50.7 Å². The summed E-state index contributed by atoms with van der Waals surface area (Å²) >= 11 is 0. The van der Waals surface area contributed by atoms with Gasteiger partial charge in [0, 0.05) is 23.7 Å². The molecule has 0 bridgehead atoms. The van der Waals surface area contributed by atoms with Gasteiger partial charge in [-0.25, -0.2) is 4.98 Å². The molecule has 0 atom stereocenters. The molecule has 0 saturated heterocycles. The van der Waals surface area contributed by atoms with Crippen LogP contribution in [0.25, 0.3) is 16.9 Å². The Bertz CT molecular complexity index is 2100. The minimum Gasteiger partial charge on any atom is -0.466 e. The van der Waals surface area contributed by atoms with E-state index in [-0.39, 0.29) is 21.1 Å². The molecule has 50 heavy (non-hydrogen) atoms. The van der Waals surface area contributed by atoms with E-state index in [1.54, 1.807) is 6.20 Å². The van der Waals surface area contributed by atoms with E-state index in [1.165, 1.54) is 27.2 Å². The fourth-order valence-corrected chi connectivity index (χ4v) is 11.4. The fourth-order valence-electron chi connectivity index (χ4n) is 6.79. The third kappa shape index (κ3) is 6.81. The normalized spacial score (nSPS) is 11.4. The Morgan fingerprint density at radius 2 is 1.18 bits per heavy atom. The van der Waals surface area contributed by atoms with Crippen LogP contribution < -0.4 is 25.5 Å². The van der Waals surface area contributed by atoms with Gasteiger partial charge in [-0.15, -0.1) is 47.1 Å². The molecule has 7 aromatic rings. The van der Waals surface area contributed by atoms with E-state index in [4.69, 9.17) is 9.72 Å². The smallest absolute Gasteiger partial charge is 0.466 e. The molecule has 0 saturated carbocycles. The molecule has 0 aliphatic rings. The molecule has 0 aliphatic heterocycles. The van der Waals surface area contributed by atoms with Crippen LogP contribution in [0, 0.1) is 12.1 Å². The first-order valence-electron chi connectivity index (χ1n) is 16.9. The molecule has 6 heteroatoms. The molecule has 0 unspecified atom stereocenters. The zero-order valence-electron chi connectivity index (χ0n) is 28.7. The molecule has 2 aromatic heterocycles. The van der Waals surface area contributed by atoms with Crippen molar-refractivity contribution in [3.63, 3.8) is 0 Å². The number of pyridine rings is 1. The molecule has 0 amide bonds. The van der Waals surface area contributed by atoms with Crippen molar-refractivity contribution in [3.05, 3.63) is 175 Å². The zero-order valence-corrected chi connectivity index (χ0v) is 31.9. The van der Waals surface area contributed by atoms with Crippen LogP contribution in [0.2, 0.25) is 0 Å². The van der Waals surface area contributed by atoms with Crippen LogP contribution >= 0.6 is 0 Å². The van der Waals surface area contributed by atoms with Crippen LogP contribution in [0.5, 0.6) is 11.6 Å². The maximum Gasteiger partial charge on any atom is 2.00 e. The van der Waals surface area contributed by atoms with Gasteiger partial charge in [0.25, 0.3) is 0 Å². The molecule has 250 valence electrons. The van der Waals surface area contributed by atoms with Crippen LogP contribution in [0.15, 0.2) is 152 Å². The summed E-state index contributed by atoms with van der Waals surface area (Å²) in [6.07, 6.45) is 5.84. The van der Waals surface area contributed by atoms with Crippen molar-refractivity contribution in [2.24, 2.45) is 0 Å². The maximum absolute atomic E-state index is 6.24. The Hall–Kier alpha value is -4.83. The van der Waals surface area contributed by atoms with Crippen molar-refractivity contribution in [3.8, 4) is 28.6 Å². The van der Waals surface area contributed by atoms with Crippen molar-refractivity contribution in [2.75, 3.05) is 0 Å². The van der Waals surface area contributed by atoms with E-state index < -0.39 is 8.07 Å². The molecule has 7 rings (SSSR count). The summed E-state index contributed by atoms with van der Waals surface area (Å²) in [6, 6.07) is 54.2. The van der Waals surface area contributed by atoms with E-state index in [9.17, 15) is 0 Å². The van der Waals surface area contributed by atoms with Gasteiger partial charge in [-0.05, 0) is 45.6 Å². The van der Waals surface area contributed by atoms with E-state index in [2.05, 4.69) is 165 Å². The number of imidazole rings is 1. The molecular formula is C44H39N3OPtSi. The third-order valence-corrected chi connectivity index (χ3v) is 13.7. The summed E-state index contributed by atoms with van der Waals surface area (Å²) in [4.78, 5) is 9.37. The summed E-state index contributed by atoms with van der Waals surface area (Å²) in [7, 11) is -2.96. The number of hydrogen-bond donors (Lipinski definition) is 0. The Labute approximate surface area is 311 Å². The first kappa shape index (κ1) is 35.0. The number of ether oxygens (including phenoxy) is 1. The van der Waals surface area contributed by atoms with E-state index >= 15 is 0 Å². The van der Waals surface area contributed by atoms with Crippen molar-refractivity contribution in [1.82, 2.24) is 14.5 Å². The molecule has 0 radical (unpaired) electrons. The topological polar surface area (TPSA) is 39.9 Å². The molecule has 4 nitrogen and oxygen atoms in total. The Kier molecular flexibility index (Phi) is 10.8. The zero-order chi connectivity index (χ0) is 33.8. The van der Waals surface area contributed by atoms with E-state index in [0.29, 0.717) is 23.5 Å². The molecule has 5 aromatic carbocycles. The molecule has 0 spiro atoms. The van der Waals surface area contributed by atoms with Crippen molar-refractivity contribution >= 4 is 28.8 Å². The Morgan fingerprint density at radius 3 is 1.78 bits per heavy atom. The number of benzene rings is 5. The van der Waals surface area contributed by atoms with Gasteiger partial charge >= 0.3 is 21.1 Å². The van der Waals surface area contributed by atoms with Crippen molar-refractivity contribution in [1.29, 1.82) is 0 Å². The second-order valence-electron chi connectivity index (χ2n) is 12.9. The van der Waals surface area contributed by atoms with Gasteiger partial charge in [-0.2, -0.15) is 17.3 Å². The quantitative estimate of drug-likeness (QED) is 0.0798. The Morgan fingerprint density at radius 1 is 0.600 bits per heavy atom. The van der Waals surface area contributed by atoms with Gasteiger partial charge in [0.2, 0.25) is 5.88 Å². The SMILES string of the molecule is CC(C)c1cccc(C(C)C)c1-n1cnc(-c2[c-]c([Si](c3[c-]c(Oc4ccccn4)ccc3)(c3ccccc3)c3ccccc3)ccc2)c1.[Pt+2]. The fraction of sp³-hybridized carbons (Fsp3) is 0.136. The third-order valence-electron chi connectivity index (χ3n) is 9.10. The standard InChI is InChI=1S/C44H39N3OSi.Pt/c1-32(2)40-24-15-25-41(33(3)4)44(40)47-30-42(46-31-47)34-16-13-22-38(28-34)49(36-18-7-5-8-19-36,37-20-9-6-10-21-37)39-23-14-17-35(29-39)48-43-26-11-12-27-45-43;/h5-27,30-33H,1-4H3;/q-2;+2. The minimum atomic E-state index is -2.96. The number of aromatic nitrogens is 3. The monoisotopic (exact) mass is 848 g/mol. The second-order valence-corrected chi connectivity index (χ2v) is 16.7. The average molecular weight is 849 g/mol. The average Bonchev–Trinajstić information content (AvgIpc) is 3.64. The summed E-state index contributed by atoms with van der Waals surface area (Å²) in [5.41, 5.74) is 5.69. The molecule has 0 N–H and O–H groups in total. The summed E-state index contributed by atoms with van der Waals surface area (Å²) < 4.78 is 8.45. The van der Waals surface area contributed by atoms with Crippen LogP contribution in [-0.2, 0) is 21.1 Å². The van der Waals surface area contributed by atoms with E-state index in [1.807, 2.05) is 30.6 Å². The first-order valence-corrected chi connectivity index (χ1v) is 18.9. The predicted molar refractivity (Wildman–Crippen MR) is 203 cm³/mol. The van der Waals surface area contributed by atoms with E-state index in [0.717, 1.165) is 21.6 Å². The van der Waals surface area contributed by atoms with Gasteiger partial charge in [0.05, 0.1) is 12.0 Å².